The maximum atomic E-state index is 11.3. The molecule has 0 aliphatic heterocycles. The molecule has 0 fully saturated rings. The van der Waals surface area contributed by atoms with Crippen LogP contribution in [0.1, 0.15) is 23.9 Å². The van der Waals surface area contributed by atoms with E-state index < -0.39 is 0 Å². The zero-order valence-corrected chi connectivity index (χ0v) is 13.1. The summed E-state index contributed by atoms with van der Waals surface area (Å²) in [5.41, 5.74) is 0.946. The number of carbonyl (C=O) groups excluding carboxylic acids is 1. The van der Waals surface area contributed by atoms with Crippen molar-refractivity contribution < 1.29 is 9.53 Å². The quantitative estimate of drug-likeness (QED) is 0.760. The van der Waals surface area contributed by atoms with E-state index in [2.05, 4.69) is 27.8 Å². The molecule has 20 heavy (non-hydrogen) atoms. The number of rotatable bonds is 8. The number of thiophene rings is 1. The smallest absolute Gasteiger partial charge is 0.306 e. The summed E-state index contributed by atoms with van der Waals surface area (Å²) >= 11 is 3.35. The lowest BCUT2D eigenvalue weighted by molar-refractivity contribution is -0.143. The van der Waals surface area contributed by atoms with Gasteiger partial charge >= 0.3 is 5.97 Å². The van der Waals surface area contributed by atoms with Crippen LogP contribution >= 0.6 is 22.7 Å². The van der Waals surface area contributed by atoms with Gasteiger partial charge in [0.1, 0.15) is 0 Å². The third-order valence-corrected chi connectivity index (χ3v) is 4.46. The standard InChI is InChI=1S/C14H18N2O2S2/c1-2-18-13(17)6-5-11-10-20-14(16-11)15-8-7-12-4-3-9-19-12/h3-4,9-10H,2,5-8H2,1H3,(H,15,16). The molecule has 0 atom stereocenters. The SMILES string of the molecule is CCOC(=O)CCc1csc(NCCc2cccs2)n1. The van der Waals surface area contributed by atoms with Gasteiger partial charge in [-0.1, -0.05) is 6.07 Å². The Hall–Kier alpha value is -1.40. The van der Waals surface area contributed by atoms with Crippen molar-refractivity contribution in [1.29, 1.82) is 0 Å². The Morgan fingerprint density at radius 3 is 3.05 bits per heavy atom. The van der Waals surface area contributed by atoms with Crippen molar-refractivity contribution in [2.24, 2.45) is 0 Å². The molecule has 4 nitrogen and oxygen atoms in total. The van der Waals surface area contributed by atoms with Gasteiger partial charge in [-0.15, -0.1) is 22.7 Å². The Bertz CT molecular complexity index is 523. The van der Waals surface area contributed by atoms with Gasteiger partial charge in [-0.2, -0.15) is 0 Å². The van der Waals surface area contributed by atoms with Gasteiger partial charge in [-0.3, -0.25) is 4.79 Å². The number of anilines is 1. The fourth-order valence-corrected chi connectivity index (χ4v) is 3.20. The molecule has 2 aromatic rings. The number of thiazole rings is 1. The van der Waals surface area contributed by atoms with E-state index in [-0.39, 0.29) is 5.97 Å². The summed E-state index contributed by atoms with van der Waals surface area (Å²) in [7, 11) is 0. The summed E-state index contributed by atoms with van der Waals surface area (Å²) in [6.45, 7) is 3.13. The highest BCUT2D eigenvalue weighted by molar-refractivity contribution is 7.13. The molecule has 2 aromatic heterocycles. The van der Waals surface area contributed by atoms with Crippen molar-refractivity contribution in [3.05, 3.63) is 33.5 Å². The number of aryl methyl sites for hydroxylation is 1. The van der Waals surface area contributed by atoms with Gasteiger partial charge in [0, 0.05) is 23.2 Å². The topological polar surface area (TPSA) is 51.2 Å². The number of aromatic nitrogens is 1. The van der Waals surface area contributed by atoms with Crippen LogP contribution in [-0.4, -0.2) is 24.1 Å². The molecule has 2 heterocycles. The van der Waals surface area contributed by atoms with Gasteiger partial charge in [-0.05, 0) is 24.8 Å². The van der Waals surface area contributed by atoms with Gasteiger partial charge < -0.3 is 10.1 Å². The van der Waals surface area contributed by atoms with Crippen molar-refractivity contribution in [2.45, 2.75) is 26.2 Å². The third-order valence-electron chi connectivity index (χ3n) is 2.67. The van der Waals surface area contributed by atoms with Crippen LogP contribution in [0.25, 0.3) is 0 Å². The molecule has 6 heteroatoms. The van der Waals surface area contributed by atoms with Gasteiger partial charge in [0.15, 0.2) is 5.13 Å². The number of hydrogen-bond acceptors (Lipinski definition) is 6. The second kappa shape index (κ2) is 8.01. The second-order valence-electron chi connectivity index (χ2n) is 4.21. The van der Waals surface area contributed by atoms with Crippen LogP contribution < -0.4 is 5.32 Å². The first kappa shape index (κ1) is 15.0. The number of hydrogen-bond donors (Lipinski definition) is 1. The average molecular weight is 310 g/mol. The van der Waals surface area contributed by atoms with Crippen molar-refractivity contribution in [1.82, 2.24) is 4.98 Å². The summed E-state index contributed by atoms with van der Waals surface area (Å²) in [5, 5.41) is 8.31. The fraction of sp³-hybridized carbons (Fsp3) is 0.429. The fourth-order valence-electron chi connectivity index (χ4n) is 1.71. The third kappa shape index (κ3) is 4.94. The monoisotopic (exact) mass is 310 g/mol. The minimum absolute atomic E-state index is 0.160. The van der Waals surface area contributed by atoms with E-state index in [1.54, 1.807) is 22.7 Å². The molecule has 0 unspecified atom stereocenters. The van der Waals surface area contributed by atoms with Crippen LogP contribution in [0.2, 0.25) is 0 Å². The van der Waals surface area contributed by atoms with Gasteiger partial charge in [-0.25, -0.2) is 4.98 Å². The highest BCUT2D eigenvalue weighted by Crippen LogP contribution is 2.17. The molecule has 108 valence electrons. The van der Waals surface area contributed by atoms with Gasteiger partial charge in [0.2, 0.25) is 0 Å². The van der Waals surface area contributed by atoms with E-state index in [0.717, 1.165) is 23.8 Å². The molecule has 0 saturated heterocycles. The molecule has 0 saturated carbocycles. The first-order chi connectivity index (χ1) is 9.78. The molecular formula is C14H18N2O2S2. The van der Waals surface area contributed by atoms with Crippen molar-refractivity contribution in [2.75, 3.05) is 18.5 Å². The molecule has 0 bridgehead atoms. The molecule has 0 radical (unpaired) electrons. The normalized spacial score (nSPS) is 10.4. The highest BCUT2D eigenvalue weighted by atomic mass is 32.1. The lowest BCUT2D eigenvalue weighted by Gasteiger charge is -2.01. The summed E-state index contributed by atoms with van der Waals surface area (Å²) < 4.78 is 4.90. The summed E-state index contributed by atoms with van der Waals surface area (Å²) in [6.07, 6.45) is 2.05. The van der Waals surface area contributed by atoms with Crippen LogP contribution in [0.5, 0.6) is 0 Å². The van der Waals surface area contributed by atoms with Crippen LogP contribution in [0, 0.1) is 0 Å². The molecule has 0 aliphatic carbocycles. The number of esters is 1. The highest BCUT2D eigenvalue weighted by Gasteiger charge is 2.06. The lowest BCUT2D eigenvalue weighted by Crippen LogP contribution is -2.06. The predicted octanol–water partition coefficient (Wildman–Crippen LogP) is 3.35. The Balaban J connectivity index is 1.70. The molecule has 0 amide bonds. The van der Waals surface area contributed by atoms with Gasteiger partial charge in [0.05, 0.1) is 18.7 Å². The second-order valence-corrected chi connectivity index (χ2v) is 6.10. The maximum Gasteiger partial charge on any atom is 0.306 e. The van der Waals surface area contributed by atoms with E-state index in [4.69, 9.17) is 4.74 Å². The van der Waals surface area contributed by atoms with Crippen LogP contribution in [0.4, 0.5) is 5.13 Å². The van der Waals surface area contributed by atoms with Gasteiger partial charge in [0.25, 0.3) is 0 Å². The zero-order valence-electron chi connectivity index (χ0n) is 11.4. The molecule has 2 rings (SSSR count). The number of nitrogens with one attached hydrogen (secondary N) is 1. The summed E-state index contributed by atoms with van der Waals surface area (Å²) in [6, 6.07) is 4.20. The van der Waals surface area contributed by atoms with E-state index >= 15 is 0 Å². The Labute approximate surface area is 126 Å². The number of nitrogens with zero attached hydrogens (tertiary/aromatic N) is 1. The van der Waals surface area contributed by atoms with Crippen molar-refractivity contribution in [3.63, 3.8) is 0 Å². The van der Waals surface area contributed by atoms with E-state index in [9.17, 15) is 4.79 Å². The van der Waals surface area contributed by atoms with Crippen molar-refractivity contribution >= 4 is 33.8 Å². The van der Waals surface area contributed by atoms with Crippen molar-refractivity contribution in [3.8, 4) is 0 Å². The first-order valence-corrected chi connectivity index (χ1v) is 8.40. The van der Waals surface area contributed by atoms with Crippen LogP contribution in [0.3, 0.4) is 0 Å². The maximum absolute atomic E-state index is 11.3. The van der Waals surface area contributed by atoms with Crippen LogP contribution in [-0.2, 0) is 22.4 Å². The molecular weight excluding hydrogens is 292 g/mol. The average Bonchev–Trinajstić information content (AvgIpc) is 3.08. The Morgan fingerprint density at radius 1 is 1.40 bits per heavy atom. The largest absolute Gasteiger partial charge is 0.466 e. The van der Waals surface area contributed by atoms with E-state index in [1.807, 2.05) is 12.3 Å². The summed E-state index contributed by atoms with van der Waals surface area (Å²) in [4.78, 5) is 17.1. The predicted molar refractivity (Wildman–Crippen MR) is 83.6 cm³/mol. The minimum Gasteiger partial charge on any atom is -0.466 e. The Kier molecular flexibility index (Phi) is 6.01. The van der Waals surface area contributed by atoms with E-state index in [0.29, 0.717) is 19.4 Å². The lowest BCUT2D eigenvalue weighted by atomic mass is 10.2. The molecule has 0 spiro atoms. The van der Waals surface area contributed by atoms with E-state index in [1.165, 1.54) is 4.88 Å². The summed E-state index contributed by atoms with van der Waals surface area (Å²) in [5.74, 6) is -0.160. The molecule has 1 N–H and O–H groups in total. The minimum atomic E-state index is -0.160. The van der Waals surface area contributed by atoms with Crippen LogP contribution in [0.15, 0.2) is 22.9 Å². The number of carbonyl (C=O) groups is 1. The first-order valence-electron chi connectivity index (χ1n) is 6.64. The zero-order chi connectivity index (χ0) is 14.2. The Morgan fingerprint density at radius 2 is 2.30 bits per heavy atom. The number of ether oxygens (including phenoxy) is 1. The molecule has 0 aliphatic rings. The molecule has 0 aromatic carbocycles.